The summed E-state index contributed by atoms with van der Waals surface area (Å²) in [4.78, 5) is 0. The summed E-state index contributed by atoms with van der Waals surface area (Å²) in [5.41, 5.74) is 2.44. The zero-order valence-electron chi connectivity index (χ0n) is 12.7. The van der Waals surface area contributed by atoms with Gasteiger partial charge in [-0.3, -0.25) is 0 Å². The van der Waals surface area contributed by atoms with Crippen LogP contribution in [0.1, 0.15) is 56.2 Å². The average molecular weight is 299 g/mol. The fourth-order valence-corrected chi connectivity index (χ4v) is 3.12. The van der Waals surface area contributed by atoms with Gasteiger partial charge < -0.3 is 5.32 Å². The molecule has 1 fully saturated rings. The molecule has 1 N–H and O–H groups in total. The number of halogens is 3. The van der Waals surface area contributed by atoms with E-state index in [1.165, 1.54) is 11.1 Å². The molecule has 1 saturated carbocycles. The molecular weight excluding hydrogens is 275 g/mol. The van der Waals surface area contributed by atoms with Crippen molar-refractivity contribution >= 4 is 0 Å². The first-order chi connectivity index (χ1) is 9.90. The quantitative estimate of drug-likeness (QED) is 0.810. The van der Waals surface area contributed by atoms with Crippen molar-refractivity contribution in [2.75, 3.05) is 0 Å². The second-order valence-corrected chi connectivity index (χ2v) is 6.13. The first-order valence-electron chi connectivity index (χ1n) is 7.79. The highest BCUT2D eigenvalue weighted by atomic mass is 19.4. The number of alkyl halides is 3. The van der Waals surface area contributed by atoms with Gasteiger partial charge in [0, 0.05) is 12.1 Å². The molecule has 2 rings (SSSR count). The average Bonchev–Trinajstić information content (AvgIpc) is 2.45. The number of nitrogens with one attached hydrogen (secondary N) is 1. The van der Waals surface area contributed by atoms with E-state index in [-0.39, 0.29) is 24.9 Å². The van der Waals surface area contributed by atoms with Crippen molar-refractivity contribution in [1.82, 2.24) is 5.32 Å². The fraction of sp³-hybridized carbons (Fsp3) is 0.647. The Morgan fingerprint density at radius 2 is 1.67 bits per heavy atom. The number of rotatable bonds is 4. The maximum Gasteiger partial charge on any atom is 0.391 e. The Bertz CT molecular complexity index is 430. The molecule has 1 aromatic carbocycles. The van der Waals surface area contributed by atoms with E-state index >= 15 is 0 Å². The standard InChI is InChI=1S/C17H24F3N/c1-3-16(13-6-4-12(2)5-7-13)21-15-10-8-14(9-11-15)17(18,19)20/h4-7,14-16,21H,3,8-11H2,1-2H3. The SMILES string of the molecule is CCC(NC1CCC(C(F)(F)F)CC1)c1ccc(C)cc1. The molecule has 0 heterocycles. The molecule has 1 unspecified atom stereocenters. The normalized spacial score (nSPS) is 24.8. The van der Waals surface area contributed by atoms with Gasteiger partial charge in [-0.05, 0) is 44.6 Å². The minimum absolute atomic E-state index is 0.204. The van der Waals surface area contributed by atoms with E-state index < -0.39 is 12.1 Å². The molecule has 1 aliphatic carbocycles. The Kier molecular flexibility index (Phi) is 5.31. The highest BCUT2D eigenvalue weighted by molar-refractivity contribution is 5.24. The molecule has 0 saturated heterocycles. The van der Waals surface area contributed by atoms with Crippen molar-refractivity contribution in [3.05, 3.63) is 35.4 Å². The van der Waals surface area contributed by atoms with Crippen LogP contribution in [0.25, 0.3) is 0 Å². The van der Waals surface area contributed by atoms with Gasteiger partial charge in [-0.15, -0.1) is 0 Å². The summed E-state index contributed by atoms with van der Waals surface area (Å²) in [6.07, 6.45) is -1.33. The summed E-state index contributed by atoms with van der Waals surface area (Å²) in [5.74, 6) is -1.10. The van der Waals surface area contributed by atoms with Crippen LogP contribution in [0.15, 0.2) is 24.3 Å². The Morgan fingerprint density at radius 1 is 1.10 bits per heavy atom. The van der Waals surface area contributed by atoms with Gasteiger partial charge in [0.1, 0.15) is 0 Å². The van der Waals surface area contributed by atoms with Crippen molar-refractivity contribution in [2.24, 2.45) is 5.92 Å². The van der Waals surface area contributed by atoms with Crippen LogP contribution in [0.2, 0.25) is 0 Å². The van der Waals surface area contributed by atoms with Crippen molar-refractivity contribution in [1.29, 1.82) is 0 Å². The summed E-state index contributed by atoms with van der Waals surface area (Å²) >= 11 is 0. The van der Waals surface area contributed by atoms with E-state index in [0.717, 1.165) is 6.42 Å². The van der Waals surface area contributed by atoms with Crippen LogP contribution in [0.4, 0.5) is 13.2 Å². The van der Waals surface area contributed by atoms with Crippen molar-refractivity contribution in [3.63, 3.8) is 0 Å². The number of hydrogen-bond donors (Lipinski definition) is 1. The van der Waals surface area contributed by atoms with E-state index in [1.807, 2.05) is 0 Å². The Labute approximate surface area is 124 Å². The minimum atomic E-state index is -4.02. The van der Waals surface area contributed by atoms with E-state index in [1.54, 1.807) is 0 Å². The second kappa shape index (κ2) is 6.82. The first-order valence-corrected chi connectivity index (χ1v) is 7.79. The Morgan fingerprint density at radius 3 is 2.14 bits per heavy atom. The van der Waals surface area contributed by atoms with Crippen LogP contribution < -0.4 is 5.32 Å². The van der Waals surface area contributed by atoms with Gasteiger partial charge in [0.05, 0.1) is 5.92 Å². The smallest absolute Gasteiger partial charge is 0.307 e. The van der Waals surface area contributed by atoms with E-state index in [9.17, 15) is 13.2 Å². The monoisotopic (exact) mass is 299 g/mol. The molecule has 21 heavy (non-hydrogen) atoms. The lowest BCUT2D eigenvalue weighted by Crippen LogP contribution is -2.38. The zero-order valence-corrected chi connectivity index (χ0v) is 12.7. The fourth-order valence-electron chi connectivity index (χ4n) is 3.12. The molecule has 0 amide bonds. The van der Waals surface area contributed by atoms with Gasteiger partial charge >= 0.3 is 6.18 Å². The highest BCUT2D eigenvalue weighted by Gasteiger charge is 2.41. The molecule has 1 aromatic rings. The predicted molar refractivity (Wildman–Crippen MR) is 79.1 cm³/mol. The largest absolute Gasteiger partial charge is 0.391 e. The maximum absolute atomic E-state index is 12.7. The molecule has 4 heteroatoms. The molecule has 0 spiro atoms. The summed E-state index contributed by atoms with van der Waals surface area (Å²) in [7, 11) is 0. The van der Waals surface area contributed by atoms with Gasteiger partial charge in [-0.25, -0.2) is 0 Å². The Hall–Kier alpha value is -1.03. The lowest BCUT2D eigenvalue weighted by molar-refractivity contribution is -0.182. The number of aryl methyl sites for hydroxylation is 1. The molecule has 0 aromatic heterocycles. The van der Waals surface area contributed by atoms with Crippen LogP contribution in [0, 0.1) is 12.8 Å². The minimum Gasteiger partial charge on any atom is -0.307 e. The second-order valence-electron chi connectivity index (χ2n) is 6.13. The number of benzene rings is 1. The lowest BCUT2D eigenvalue weighted by Gasteiger charge is -2.33. The highest BCUT2D eigenvalue weighted by Crippen LogP contribution is 2.38. The molecule has 0 radical (unpaired) electrons. The van der Waals surface area contributed by atoms with Crippen LogP contribution in [0.3, 0.4) is 0 Å². The maximum atomic E-state index is 12.7. The molecule has 0 aliphatic heterocycles. The van der Waals surface area contributed by atoms with Gasteiger partial charge in [-0.1, -0.05) is 36.8 Å². The summed E-state index contributed by atoms with van der Waals surface area (Å²) in [5, 5.41) is 3.55. The molecule has 0 bridgehead atoms. The van der Waals surface area contributed by atoms with Gasteiger partial charge in [0.15, 0.2) is 0 Å². The van der Waals surface area contributed by atoms with Gasteiger partial charge in [0.2, 0.25) is 0 Å². The van der Waals surface area contributed by atoms with Crippen LogP contribution in [-0.4, -0.2) is 12.2 Å². The van der Waals surface area contributed by atoms with E-state index in [0.29, 0.717) is 12.8 Å². The van der Waals surface area contributed by atoms with Crippen molar-refractivity contribution in [3.8, 4) is 0 Å². The summed E-state index contributed by atoms with van der Waals surface area (Å²) in [6, 6.07) is 8.82. The van der Waals surface area contributed by atoms with Gasteiger partial charge in [-0.2, -0.15) is 13.2 Å². The molecule has 1 atom stereocenters. The van der Waals surface area contributed by atoms with E-state index in [2.05, 4.69) is 43.4 Å². The summed E-state index contributed by atoms with van der Waals surface area (Å²) in [6.45, 7) is 4.16. The third-order valence-corrected chi connectivity index (χ3v) is 4.51. The molecule has 1 nitrogen and oxygen atoms in total. The summed E-state index contributed by atoms with van der Waals surface area (Å²) < 4.78 is 38.0. The topological polar surface area (TPSA) is 12.0 Å². The van der Waals surface area contributed by atoms with Crippen LogP contribution in [-0.2, 0) is 0 Å². The lowest BCUT2D eigenvalue weighted by atomic mass is 9.85. The third-order valence-electron chi connectivity index (χ3n) is 4.51. The van der Waals surface area contributed by atoms with Crippen LogP contribution in [0.5, 0.6) is 0 Å². The van der Waals surface area contributed by atoms with Crippen LogP contribution >= 0.6 is 0 Å². The number of hydrogen-bond acceptors (Lipinski definition) is 1. The predicted octanol–water partition coefficient (Wildman–Crippen LogP) is 5.16. The molecule has 118 valence electrons. The third kappa shape index (κ3) is 4.47. The Balaban J connectivity index is 1.90. The molecular formula is C17H24F3N. The van der Waals surface area contributed by atoms with Gasteiger partial charge in [0.25, 0.3) is 0 Å². The molecule has 1 aliphatic rings. The van der Waals surface area contributed by atoms with Crippen molar-refractivity contribution < 1.29 is 13.2 Å². The first kappa shape index (κ1) is 16.3. The van der Waals surface area contributed by atoms with E-state index in [4.69, 9.17) is 0 Å². The van der Waals surface area contributed by atoms with Crippen molar-refractivity contribution in [2.45, 2.75) is 64.2 Å². The zero-order chi connectivity index (χ0) is 15.5.